The second-order valence-corrected chi connectivity index (χ2v) is 6.03. The molecule has 2 aliphatic rings. The van der Waals surface area contributed by atoms with Crippen LogP contribution in [0.3, 0.4) is 0 Å². The third-order valence-corrected chi connectivity index (χ3v) is 4.41. The lowest BCUT2D eigenvalue weighted by atomic mass is 9.79. The van der Waals surface area contributed by atoms with Gasteiger partial charge in [-0.05, 0) is 33.0 Å². The summed E-state index contributed by atoms with van der Waals surface area (Å²) in [6, 6.07) is 0. The summed E-state index contributed by atoms with van der Waals surface area (Å²) in [5, 5.41) is 7.66. The van der Waals surface area contributed by atoms with Gasteiger partial charge in [0.1, 0.15) is 0 Å². The molecular weight excluding hydrogens is 228 g/mol. The van der Waals surface area contributed by atoms with Crippen LogP contribution in [0.25, 0.3) is 0 Å². The van der Waals surface area contributed by atoms with Crippen LogP contribution in [0.2, 0.25) is 0 Å². The average molecular weight is 254 g/mol. The second kappa shape index (κ2) is 5.55. The number of amidine groups is 1. The minimum Gasteiger partial charge on any atom is -0.387 e. The van der Waals surface area contributed by atoms with E-state index in [1.807, 2.05) is 0 Å². The molecule has 18 heavy (non-hydrogen) atoms. The highest BCUT2D eigenvalue weighted by Crippen LogP contribution is 2.30. The Morgan fingerprint density at radius 3 is 2.61 bits per heavy atom. The molecule has 0 spiro atoms. The summed E-state index contributed by atoms with van der Waals surface area (Å²) in [5.41, 5.74) is 5.60. The van der Waals surface area contributed by atoms with Gasteiger partial charge in [-0.3, -0.25) is 5.41 Å². The first kappa shape index (κ1) is 13.8. The monoisotopic (exact) mass is 254 g/mol. The summed E-state index contributed by atoms with van der Waals surface area (Å²) in [6.07, 6.45) is 2.32. The van der Waals surface area contributed by atoms with E-state index in [0.717, 1.165) is 52.2 Å². The van der Waals surface area contributed by atoms with Gasteiger partial charge in [0.05, 0.1) is 18.5 Å². The number of morpholine rings is 1. The van der Waals surface area contributed by atoms with Gasteiger partial charge >= 0.3 is 0 Å². The SMILES string of the molecule is CN1CCOC(CN2CCC(C)(C(=N)N)CC2)C1. The standard InChI is InChI=1S/C13H26N4O/c1-13(12(14)15)3-5-17(6-4-13)10-11-9-16(2)7-8-18-11/h11H,3-10H2,1-2H3,(H3,14,15). The van der Waals surface area contributed by atoms with Gasteiger partial charge in [0, 0.05) is 25.0 Å². The summed E-state index contributed by atoms with van der Waals surface area (Å²) in [6.45, 7) is 8.09. The normalized spacial score (nSPS) is 30.2. The van der Waals surface area contributed by atoms with Crippen molar-refractivity contribution >= 4 is 5.84 Å². The number of likely N-dealkylation sites (N-methyl/N-ethyl adjacent to an activating group) is 1. The van der Waals surface area contributed by atoms with Crippen LogP contribution in [0.1, 0.15) is 19.8 Å². The van der Waals surface area contributed by atoms with Gasteiger partial charge in [-0.1, -0.05) is 6.92 Å². The maximum Gasteiger partial charge on any atom is 0.0966 e. The number of hydrogen-bond donors (Lipinski definition) is 2. The summed E-state index contributed by atoms with van der Waals surface area (Å²) in [5.74, 6) is 0.343. The quantitative estimate of drug-likeness (QED) is 0.563. The lowest BCUT2D eigenvalue weighted by Gasteiger charge is -2.41. The predicted octanol–water partition coefficient (Wildman–Crippen LogP) is 0.355. The Hall–Kier alpha value is -0.650. The number of nitrogens with zero attached hydrogens (tertiary/aromatic N) is 2. The van der Waals surface area contributed by atoms with Crippen molar-refractivity contribution in [1.82, 2.24) is 9.80 Å². The van der Waals surface area contributed by atoms with Crippen LogP contribution in [-0.2, 0) is 4.74 Å². The Bertz CT molecular complexity index is 299. The Morgan fingerprint density at radius 1 is 1.39 bits per heavy atom. The van der Waals surface area contributed by atoms with E-state index in [9.17, 15) is 0 Å². The molecule has 0 aromatic rings. The van der Waals surface area contributed by atoms with E-state index in [1.54, 1.807) is 0 Å². The highest BCUT2D eigenvalue weighted by Gasteiger charge is 2.33. The van der Waals surface area contributed by atoms with Crippen LogP contribution in [-0.4, -0.2) is 68.1 Å². The second-order valence-electron chi connectivity index (χ2n) is 6.03. The lowest BCUT2D eigenvalue weighted by molar-refractivity contribution is -0.0403. The largest absolute Gasteiger partial charge is 0.387 e. The lowest BCUT2D eigenvalue weighted by Crippen LogP contribution is -2.50. The van der Waals surface area contributed by atoms with E-state index < -0.39 is 0 Å². The summed E-state index contributed by atoms with van der Waals surface area (Å²) in [4.78, 5) is 4.78. The molecule has 104 valence electrons. The number of nitrogens with one attached hydrogen (secondary N) is 1. The van der Waals surface area contributed by atoms with Gasteiger partial charge in [-0.15, -0.1) is 0 Å². The fourth-order valence-corrected chi connectivity index (χ4v) is 2.76. The number of piperidine rings is 1. The molecule has 2 aliphatic heterocycles. The van der Waals surface area contributed by atoms with Gasteiger partial charge in [-0.25, -0.2) is 0 Å². The number of nitrogens with two attached hydrogens (primary N) is 1. The van der Waals surface area contributed by atoms with E-state index in [2.05, 4.69) is 23.8 Å². The van der Waals surface area contributed by atoms with Crippen LogP contribution in [0.15, 0.2) is 0 Å². The fraction of sp³-hybridized carbons (Fsp3) is 0.923. The van der Waals surface area contributed by atoms with Crippen molar-refractivity contribution in [2.75, 3.05) is 46.4 Å². The zero-order valence-electron chi connectivity index (χ0n) is 11.6. The molecule has 0 radical (unpaired) electrons. The van der Waals surface area contributed by atoms with Crippen LogP contribution in [0.5, 0.6) is 0 Å². The molecule has 5 heteroatoms. The van der Waals surface area contributed by atoms with Gasteiger partial charge in [0.15, 0.2) is 0 Å². The highest BCUT2D eigenvalue weighted by molar-refractivity contribution is 5.83. The summed E-state index contributed by atoms with van der Waals surface area (Å²) < 4.78 is 5.80. The van der Waals surface area contributed by atoms with E-state index in [0.29, 0.717) is 11.9 Å². The molecule has 1 unspecified atom stereocenters. The van der Waals surface area contributed by atoms with Crippen molar-refractivity contribution in [1.29, 1.82) is 5.41 Å². The van der Waals surface area contributed by atoms with E-state index >= 15 is 0 Å². The Kier molecular flexibility index (Phi) is 4.25. The van der Waals surface area contributed by atoms with E-state index in [-0.39, 0.29) is 5.41 Å². The van der Waals surface area contributed by atoms with Gasteiger partial charge < -0.3 is 20.3 Å². The Labute approximate surface area is 110 Å². The summed E-state index contributed by atoms with van der Waals surface area (Å²) >= 11 is 0. The van der Waals surface area contributed by atoms with Crippen molar-refractivity contribution in [2.45, 2.75) is 25.9 Å². The molecule has 0 aromatic heterocycles. The summed E-state index contributed by atoms with van der Waals surface area (Å²) in [7, 11) is 2.15. The molecule has 0 saturated carbocycles. The third-order valence-electron chi connectivity index (χ3n) is 4.41. The van der Waals surface area contributed by atoms with Gasteiger partial charge in [-0.2, -0.15) is 0 Å². The van der Waals surface area contributed by atoms with E-state index in [1.165, 1.54) is 0 Å². The Balaban J connectivity index is 1.78. The maximum atomic E-state index is 7.66. The molecule has 2 heterocycles. The van der Waals surface area contributed by atoms with Crippen molar-refractivity contribution in [3.05, 3.63) is 0 Å². The molecule has 5 nitrogen and oxygen atoms in total. The van der Waals surface area contributed by atoms with Crippen LogP contribution >= 0.6 is 0 Å². The first-order chi connectivity index (χ1) is 8.49. The first-order valence-electron chi connectivity index (χ1n) is 6.87. The average Bonchev–Trinajstić information content (AvgIpc) is 2.32. The fourth-order valence-electron chi connectivity index (χ4n) is 2.76. The maximum absolute atomic E-state index is 7.66. The van der Waals surface area contributed by atoms with E-state index in [4.69, 9.17) is 15.9 Å². The zero-order chi connectivity index (χ0) is 13.2. The molecule has 2 rings (SSSR count). The van der Waals surface area contributed by atoms with Crippen molar-refractivity contribution in [3.63, 3.8) is 0 Å². The zero-order valence-corrected chi connectivity index (χ0v) is 11.6. The number of likely N-dealkylation sites (tertiary alicyclic amines) is 1. The predicted molar refractivity (Wildman–Crippen MR) is 72.9 cm³/mol. The van der Waals surface area contributed by atoms with Crippen LogP contribution in [0.4, 0.5) is 0 Å². The highest BCUT2D eigenvalue weighted by atomic mass is 16.5. The van der Waals surface area contributed by atoms with Gasteiger partial charge in [0.2, 0.25) is 0 Å². The Morgan fingerprint density at radius 2 is 2.06 bits per heavy atom. The molecule has 0 aliphatic carbocycles. The van der Waals surface area contributed by atoms with Crippen molar-refractivity contribution in [3.8, 4) is 0 Å². The third kappa shape index (κ3) is 3.22. The molecular formula is C13H26N4O. The van der Waals surface area contributed by atoms with Gasteiger partial charge in [0.25, 0.3) is 0 Å². The van der Waals surface area contributed by atoms with Crippen LogP contribution in [0, 0.1) is 10.8 Å². The topological polar surface area (TPSA) is 65.6 Å². The number of ether oxygens (including phenoxy) is 1. The van der Waals surface area contributed by atoms with Crippen molar-refractivity contribution < 1.29 is 4.74 Å². The first-order valence-corrected chi connectivity index (χ1v) is 6.87. The molecule has 3 N–H and O–H groups in total. The number of rotatable bonds is 3. The molecule has 0 aromatic carbocycles. The molecule has 0 amide bonds. The van der Waals surface area contributed by atoms with Crippen LogP contribution < -0.4 is 5.73 Å². The minimum absolute atomic E-state index is 0.0826. The van der Waals surface area contributed by atoms with Crippen molar-refractivity contribution in [2.24, 2.45) is 11.1 Å². The molecule has 2 fully saturated rings. The molecule has 1 atom stereocenters. The molecule has 0 bridgehead atoms. The number of hydrogen-bond acceptors (Lipinski definition) is 4. The molecule has 2 saturated heterocycles. The minimum atomic E-state index is -0.0826. The smallest absolute Gasteiger partial charge is 0.0966 e.